The van der Waals surface area contributed by atoms with E-state index in [2.05, 4.69) is 5.32 Å². The smallest absolute Gasteiger partial charge is 0.251 e. The van der Waals surface area contributed by atoms with Crippen molar-refractivity contribution in [2.75, 3.05) is 6.61 Å². The first-order valence-electron chi connectivity index (χ1n) is 7.76. The molecule has 0 atom stereocenters. The number of fused-ring (bicyclic) bond motifs is 1. The highest BCUT2D eigenvalue weighted by atomic mass is 16.5. The molecule has 1 N–H and O–H groups in total. The number of nitrogens with one attached hydrogen (secondary N) is 1. The second-order valence-corrected chi connectivity index (χ2v) is 5.87. The van der Waals surface area contributed by atoms with E-state index in [1.807, 2.05) is 13.0 Å². The summed E-state index contributed by atoms with van der Waals surface area (Å²) in [6, 6.07) is 5.65. The van der Waals surface area contributed by atoms with Crippen LogP contribution in [0.2, 0.25) is 0 Å². The summed E-state index contributed by atoms with van der Waals surface area (Å²) in [5.74, 6) is 0.150. The summed E-state index contributed by atoms with van der Waals surface area (Å²) in [7, 11) is 0. The molecule has 0 aliphatic heterocycles. The number of benzene rings is 1. The second-order valence-electron chi connectivity index (χ2n) is 5.87. The van der Waals surface area contributed by atoms with Crippen LogP contribution in [0.5, 0.6) is 0 Å². The first-order chi connectivity index (χ1) is 10.2. The lowest BCUT2D eigenvalue weighted by molar-refractivity contribution is -0.00863. The van der Waals surface area contributed by atoms with Crippen LogP contribution >= 0.6 is 0 Å². The van der Waals surface area contributed by atoms with E-state index in [-0.39, 0.29) is 17.7 Å². The number of aryl methyl sites for hydroxylation is 1. The number of ketones is 1. The van der Waals surface area contributed by atoms with Gasteiger partial charge in [-0.1, -0.05) is 6.07 Å². The van der Waals surface area contributed by atoms with Crippen molar-refractivity contribution >= 4 is 11.7 Å². The molecule has 0 aromatic heterocycles. The zero-order chi connectivity index (χ0) is 14.8. The number of hydrogen-bond donors (Lipinski definition) is 1. The van der Waals surface area contributed by atoms with Crippen LogP contribution in [0.3, 0.4) is 0 Å². The lowest BCUT2D eigenvalue weighted by Gasteiger charge is -2.35. The molecule has 0 bridgehead atoms. The van der Waals surface area contributed by atoms with Crippen LogP contribution in [0.25, 0.3) is 0 Å². The van der Waals surface area contributed by atoms with Crippen LogP contribution in [0.15, 0.2) is 18.2 Å². The Balaban J connectivity index is 1.62. The molecule has 2 aliphatic rings. The zero-order valence-electron chi connectivity index (χ0n) is 12.4. The molecule has 0 saturated heterocycles. The van der Waals surface area contributed by atoms with Gasteiger partial charge in [0.25, 0.3) is 5.91 Å². The van der Waals surface area contributed by atoms with Crippen molar-refractivity contribution in [3.8, 4) is 0 Å². The quantitative estimate of drug-likeness (QED) is 0.925. The number of Topliss-reactive ketones (excluding diaryl/α,β-unsaturated/α-hetero) is 1. The Labute approximate surface area is 124 Å². The van der Waals surface area contributed by atoms with Crippen molar-refractivity contribution in [3.63, 3.8) is 0 Å². The molecule has 4 heteroatoms. The van der Waals surface area contributed by atoms with Crippen LogP contribution in [0, 0.1) is 0 Å². The summed E-state index contributed by atoms with van der Waals surface area (Å²) < 4.78 is 5.49. The van der Waals surface area contributed by atoms with Gasteiger partial charge < -0.3 is 10.1 Å². The molecule has 4 nitrogen and oxygen atoms in total. The molecule has 0 unspecified atom stereocenters. The predicted molar refractivity (Wildman–Crippen MR) is 79.6 cm³/mol. The average Bonchev–Trinajstić information content (AvgIpc) is 2.45. The molecule has 112 valence electrons. The minimum Gasteiger partial charge on any atom is -0.378 e. The van der Waals surface area contributed by atoms with Crippen molar-refractivity contribution in [2.24, 2.45) is 0 Å². The highest BCUT2D eigenvalue weighted by Crippen LogP contribution is 2.25. The van der Waals surface area contributed by atoms with E-state index < -0.39 is 0 Å². The number of hydrogen-bond acceptors (Lipinski definition) is 3. The largest absolute Gasteiger partial charge is 0.378 e. The van der Waals surface area contributed by atoms with Gasteiger partial charge in [0.2, 0.25) is 0 Å². The maximum absolute atomic E-state index is 12.2. The van der Waals surface area contributed by atoms with E-state index in [1.165, 1.54) is 0 Å². The maximum atomic E-state index is 12.2. The molecule has 21 heavy (non-hydrogen) atoms. The van der Waals surface area contributed by atoms with Gasteiger partial charge in [-0.05, 0) is 50.3 Å². The highest BCUT2D eigenvalue weighted by molar-refractivity contribution is 6.01. The molecule has 0 radical (unpaired) electrons. The monoisotopic (exact) mass is 287 g/mol. The van der Waals surface area contributed by atoms with E-state index in [4.69, 9.17) is 4.74 Å². The van der Waals surface area contributed by atoms with Crippen LogP contribution in [-0.2, 0) is 11.2 Å². The summed E-state index contributed by atoms with van der Waals surface area (Å²) in [6.45, 7) is 2.71. The van der Waals surface area contributed by atoms with Gasteiger partial charge >= 0.3 is 0 Å². The average molecular weight is 287 g/mol. The minimum atomic E-state index is -0.0456. The molecule has 2 aliphatic carbocycles. The second kappa shape index (κ2) is 5.98. The summed E-state index contributed by atoms with van der Waals surface area (Å²) in [5.41, 5.74) is 2.46. The Morgan fingerprint density at radius 3 is 2.90 bits per heavy atom. The Hall–Kier alpha value is -1.68. The molecule has 1 aromatic rings. The van der Waals surface area contributed by atoms with Gasteiger partial charge in [-0.25, -0.2) is 0 Å². The van der Waals surface area contributed by atoms with Crippen molar-refractivity contribution in [2.45, 2.75) is 51.2 Å². The van der Waals surface area contributed by atoms with Gasteiger partial charge in [0.1, 0.15) is 0 Å². The maximum Gasteiger partial charge on any atom is 0.251 e. The third kappa shape index (κ3) is 3.00. The molecular weight excluding hydrogens is 266 g/mol. The first kappa shape index (κ1) is 14.3. The van der Waals surface area contributed by atoms with Gasteiger partial charge in [-0.2, -0.15) is 0 Å². The van der Waals surface area contributed by atoms with Crippen molar-refractivity contribution in [3.05, 3.63) is 34.9 Å². The number of carbonyl (C=O) groups is 2. The van der Waals surface area contributed by atoms with Crippen LogP contribution in [0.1, 0.15) is 58.9 Å². The van der Waals surface area contributed by atoms with Gasteiger partial charge in [-0.3, -0.25) is 9.59 Å². The molecule has 0 heterocycles. The van der Waals surface area contributed by atoms with E-state index in [1.54, 1.807) is 12.1 Å². The van der Waals surface area contributed by atoms with Gasteiger partial charge in [-0.15, -0.1) is 0 Å². The summed E-state index contributed by atoms with van der Waals surface area (Å²) in [4.78, 5) is 24.0. The minimum absolute atomic E-state index is 0.0456. The Morgan fingerprint density at radius 2 is 2.14 bits per heavy atom. The predicted octanol–water partition coefficient (Wildman–Crippen LogP) is 2.50. The Morgan fingerprint density at radius 1 is 1.33 bits per heavy atom. The Bertz CT molecular complexity index is 561. The molecule has 1 fully saturated rings. The highest BCUT2D eigenvalue weighted by Gasteiger charge is 2.31. The van der Waals surface area contributed by atoms with Gasteiger partial charge in [0, 0.05) is 30.2 Å². The molecule has 1 saturated carbocycles. The van der Waals surface area contributed by atoms with E-state index >= 15 is 0 Å². The van der Waals surface area contributed by atoms with Gasteiger partial charge in [0.15, 0.2) is 5.78 Å². The summed E-state index contributed by atoms with van der Waals surface area (Å²) in [5, 5.41) is 3.04. The van der Waals surface area contributed by atoms with Crippen molar-refractivity contribution in [1.29, 1.82) is 0 Å². The third-order valence-corrected chi connectivity index (χ3v) is 4.35. The topological polar surface area (TPSA) is 55.4 Å². The van der Waals surface area contributed by atoms with Crippen LogP contribution in [-0.4, -0.2) is 30.4 Å². The van der Waals surface area contributed by atoms with Crippen molar-refractivity contribution in [1.82, 2.24) is 5.32 Å². The molecule has 1 aromatic carbocycles. The van der Waals surface area contributed by atoms with Crippen LogP contribution in [0.4, 0.5) is 0 Å². The fourth-order valence-corrected chi connectivity index (χ4v) is 3.11. The number of carbonyl (C=O) groups excluding carboxylic acids is 2. The molecule has 3 rings (SSSR count). The fourth-order valence-electron chi connectivity index (χ4n) is 3.11. The summed E-state index contributed by atoms with van der Waals surface area (Å²) >= 11 is 0. The number of ether oxygens (including phenoxy) is 1. The lowest BCUT2D eigenvalue weighted by atomic mass is 9.88. The van der Waals surface area contributed by atoms with E-state index in [0.717, 1.165) is 43.4 Å². The normalized spacial score (nSPS) is 24.1. The SMILES string of the molecule is CCOC1CC(NC(=O)c2ccc3c(c2)CCCC3=O)C1. The van der Waals surface area contributed by atoms with Gasteiger partial charge in [0.05, 0.1) is 6.10 Å². The van der Waals surface area contributed by atoms with E-state index in [9.17, 15) is 9.59 Å². The van der Waals surface area contributed by atoms with Crippen LogP contribution < -0.4 is 5.32 Å². The third-order valence-electron chi connectivity index (χ3n) is 4.35. The fraction of sp³-hybridized carbons (Fsp3) is 0.529. The first-order valence-corrected chi connectivity index (χ1v) is 7.76. The molecule has 0 spiro atoms. The Kier molecular flexibility index (Phi) is 4.06. The standard InChI is InChI=1S/C17H21NO3/c1-2-21-14-9-13(10-14)18-17(20)12-6-7-15-11(8-12)4-3-5-16(15)19/h6-8,13-14H,2-5,9-10H2,1H3,(H,18,20). The van der Waals surface area contributed by atoms with Crippen molar-refractivity contribution < 1.29 is 14.3 Å². The molecular formula is C17H21NO3. The lowest BCUT2D eigenvalue weighted by Crippen LogP contribution is -2.47. The summed E-state index contributed by atoms with van der Waals surface area (Å²) in [6.07, 6.45) is 4.47. The zero-order valence-corrected chi connectivity index (χ0v) is 12.4. The van der Waals surface area contributed by atoms with E-state index in [0.29, 0.717) is 18.1 Å². The number of rotatable bonds is 4. The number of amides is 1. The molecule has 1 amide bonds.